The van der Waals surface area contributed by atoms with Crippen LogP contribution < -0.4 is 0 Å². The zero-order chi connectivity index (χ0) is 16.1. The van der Waals surface area contributed by atoms with Crippen molar-refractivity contribution in [3.8, 4) is 0 Å². The maximum atomic E-state index is 4.59. The Hall–Kier alpha value is -1.71. The molecule has 1 saturated heterocycles. The van der Waals surface area contributed by atoms with Crippen LogP contribution in [-0.2, 0) is 19.5 Å². The Kier molecular flexibility index (Phi) is 5.42. The summed E-state index contributed by atoms with van der Waals surface area (Å²) in [6, 6.07) is 15.8. The van der Waals surface area contributed by atoms with E-state index >= 15 is 0 Å². The van der Waals surface area contributed by atoms with Gasteiger partial charge < -0.3 is 0 Å². The van der Waals surface area contributed by atoms with Gasteiger partial charge in [0, 0.05) is 38.4 Å². The summed E-state index contributed by atoms with van der Waals surface area (Å²) in [6.07, 6.45) is 4.32. The van der Waals surface area contributed by atoms with Crippen LogP contribution in [0.4, 0.5) is 0 Å². The molecule has 0 bridgehead atoms. The van der Waals surface area contributed by atoms with Crippen molar-refractivity contribution in [1.82, 2.24) is 14.8 Å². The lowest BCUT2D eigenvalue weighted by Gasteiger charge is -2.24. The number of aromatic nitrogens is 1. The molecule has 3 rings (SSSR count). The summed E-state index contributed by atoms with van der Waals surface area (Å²) in [4.78, 5) is 9.61. The van der Waals surface area contributed by atoms with Crippen LogP contribution in [0.1, 0.15) is 30.2 Å². The Balaban J connectivity index is 1.51. The van der Waals surface area contributed by atoms with Crippen LogP contribution in [0.15, 0.2) is 48.7 Å². The van der Waals surface area contributed by atoms with E-state index in [1.165, 1.54) is 29.8 Å². The molecule has 0 radical (unpaired) electrons. The molecule has 0 saturated carbocycles. The minimum atomic E-state index is 0.631. The number of likely N-dealkylation sites (N-methyl/N-ethyl adjacent to an activating group) is 1. The second-order valence-electron chi connectivity index (χ2n) is 6.59. The summed E-state index contributed by atoms with van der Waals surface area (Å²) in [5.74, 6) is 0. The van der Waals surface area contributed by atoms with Gasteiger partial charge in [-0.2, -0.15) is 0 Å². The number of pyridine rings is 1. The van der Waals surface area contributed by atoms with Gasteiger partial charge in [-0.1, -0.05) is 43.3 Å². The van der Waals surface area contributed by atoms with Gasteiger partial charge in [-0.05, 0) is 37.1 Å². The zero-order valence-corrected chi connectivity index (χ0v) is 14.3. The Morgan fingerprint density at radius 3 is 2.65 bits per heavy atom. The van der Waals surface area contributed by atoms with Gasteiger partial charge in [0.05, 0.1) is 5.69 Å². The topological polar surface area (TPSA) is 19.4 Å². The van der Waals surface area contributed by atoms with Crippen molar-refractivity contribution in [2.24, 2.45) is 0 Å². The molecule has 0 unspecified atom stereocenters. The predicted molar refractivity (Wildman–Crippen MR) is 95.2 cm³/mol. The summed E-state index contributed by atoms with van der Waals surface area (Å²) in [7, 11) is 2.23. The molecule has 1 aromatic carbocycles. The van der Waals surface area contributed by atoms with Crippen LogP contribution in [-0.4, -0.2) is 41.0 Å². The number of hydrogen-bond donors (Lipinski definition) is 0. The molecular weight excluding hydrogens is 282 g/mol. The second-order valence-corrected chi connectivity index (χ2v) is 6.59. The minimum absolute atomic E-state index is 0.631. The van der Waals surface area contributed by atoms with Crippen molar-refractivity contribution in [2.75, 3.05) is 20.1 Å². The van der Waals surface area contributed by atoms with Crippen molar-refractivity contribution < 1.29 is 0 Å². The molecule has 1 aromatic heterocycles. The van der Waals surface area contributed by atoms with E-state index in [1.807, 2.05) is 6.20 Å². The van der Waals surface area contributed by atoms with Gasteiger partial charge in [0.15, 0.2) is 0 Å². The summed E-state index contributed by atoms with van der Waals surface area (Å²) >= 11 is 0. The van der Waals surface area contributed by atoms with Crippen LogP contribution in [0.2, 0.25) is 0 Å². The number of hydrogen-bond acceptors (Lipinski definition) is 3. The van der Waals surface area contributed by atoms with Gasteiger partial charge in [-0.15, -0.1) is 0 Å². The highest BCUT2D eigenvalue weighted by molar-refractivity contribution is 5.15. The third-order valence-electron chi connectivity index (χ3n) is 4.83. The SMILES string of the molecule is CCc1ccc(CN(C)[C@H]2CCN(Cc3ccccc3)C2)nc1. The fourth-order valence-corrected chi connectivity index (χ4v) is 3.30. The van der Waals surface area contributed by atoms with Crippen molar-refractivity contribution in [1.29, 1.82) is 0 Å². The van der Waals surface area contributed by atoms with Crippen LogP contribution >= 0.6 is 0 Å². The minimum Gasteiger partial charge on any atom is -0.297 e. The van der Waals surface area contributed by atoms with E-state index in [4.69, 9.17) is 0 Å². The lowest BCUT2D eigenvalue weighted by molar-refractivity contribution is 0.220. The molecule has 3 heteroatoms. The first kappa shape index (κ1) is 16.2. The fraction of sp³-hybridized carbons (Fsp3) is 0.450. The van der Waals surface area contributed by atoms with Gasteiger partial charge in [0.25, 0.3) is 0 Å². The molecular formula is C20H27N3. The summed E-state index contributed by atoms with van der Waals surface area (Å²) < 4.78 is 0. The van der Waals surface area contributed by atoms with Crippen molar-refractivity contribution in [3.05, 3.63) is 65.5 Å². The quantitative estimate of drug-likeness (QED) is 0.816. The highest BCUT2D eigenvalue weighted by atomic mass is 15.2. The molecule has 122 valence electrons. The fourth-order valence-electron chi connectivity index (χ4n) is 3.30. The van der Waals surface area contributed by atoms with Crippen molar-refractivity contribution in [2.45, 2.75) is 38.9 Å². The first-order valence-electron chi connectivity index (χ1n) is 8.65. The molecule has 1 aliphatic heterocycles. The molecule has 1 aliphatic rings. The lowest BCUT2D eigenvalue weighted by Crippen LogP contribution is -2.34. The Morgan fingerprint density at radius 2 is 1.96 bits per heavy atom. The van der Waals surface area contributed by atoms with E-state index in [-0.39, 0.29) is 0 Å². The first-order chi connectivity index (χ1) is 11.2. The molecule has 0 N–H and O–H groups in total. The van der Waals surface area contributed by atoms with Gasteiger partial charge >= 0.3 is 0 Å². The maximum absolute atomic E-state index is 4.59. The molecule has 0 amide bonds. The molecule has 0 aliphatic carbocycles. The monoisotopic (exact) mass is 309 g/mol. The molecule has 3 nitrogen and oxygen atoms in total. The Morgan fingerprint density at radius 1 is 1.13 bits per heavy atom. The van der Waals surface area contributed by atoms with Crippen LogP contribution in [0.25, 0.3) is 0 Å². The largest absolute Gasteiger partial charge is 0.297 e. The summed E-state index contributed by atoms with van der Waals surface area (Å²) in [5, 5.41) is 0. The molecule has 1 fully saturated rings. The average molecular weight is 309 g/mol. The normalized spacial score (nSPS) is 18.7. The van der Waals surface area contributed by atoms with E-state index in [9.17, 15) is 0 Å². The Bertz CT molecular complexity index is 594. The van der Waals surface area contributed by atoms with Gasteiger partial charge in [-0.3, -0.25) is 14.8 Å². The van der Waals surface area contributed by atoms with Crippen LogP contribution in [0, 0.1) is 0 Å². The van der Waals surface area contributed by atoms with Crippen LogP contribution in [0.5, 0.6) is 0 Å². The molecule has 23 heavy (non-hydrogen) atoms. The molecule has 0 spiro atoms. The lowest BCUT2D eigenvalue weighted by atomic mass is 10.2. The zero-order valence-electron chi connectivity index (χ0n) is 14.3. The van der Waals surface area contributed by atoms with E-state index in [0.29, 0.717) is 6.04 Å². The van der Waals surface area contributed by atoms with E-state index < -0.39 is 0 Å². The maximum Gasteiger partial charge on any atom is 0.0544 e. The first-order valence-corrected chi connectivity index (χ1v) is 8.65. The molecule has 1 atom stereocenters. The molecule has 2 heterocycles. The number of benzene rings is 1. The predicted octanol–water partition coefficient (Wildman–Crippen LogP) is 3.35. The van der Waals surface area contributed by atoms with E-state index in [1.54, 1.807) is 0 Å². The number of rotatable bonds is 6. The number of likely N-dealkylation sites (tertiary alicyclic amines) is 1. The number of nitrogens with zero attached hydrogens (tertiary/aromatic N) is 3. The standard InChI is InChI=1S/C20H27N3/c1-3-17-9-10-19(21-13-17)15-22(2)20-11-12-23(16-20)14-18-7-5-4-6-8-18/h4-10,13,20H,3,11-12,14-16H2,1-2H3/t20-/m0/s1. The van der Waals surface area contributed by atoms with Gasteiger partial charge in [-0.25, -0.2) is 0 Å². The van der Waals surface area contributed by atoms with Crippen LogP contribution in [0.3, 0.4) is 0 Å². The van der Waals surface area contributed by atoms with Crippen molar-refractivity contribution >= 4 is 0 Å². The van der Waals surface area contributed by atoms with Crippen molar-refractivity contribution in [3.63, 3.8) is 0 Å². The third-order valence-corrected chi connectivity index (χ3v) is 4.83. The number of aryl methyl sites for hydroxylation is 1. The smallest absolute Gasteiger partial charge is 0.0544 e. The second kappa shape index (κ2) is 7.71. The average Bonchev–Trinajstić information content (AvgIpc) is 3.05. The van der Waals surface area contributed by atoms with Gasteiger partial charge in [0.1, 0.15) is 0 Å². The van der Waals surface area contributed by atoms with Gasteiger partial charge in [0.2, 0.25) is 0 Å². The molecule has 2 aromatic rings. The Labute approximate surface area is 140 Å². The highest BCUT2D eigenvalue weighted by Gasteiger charge is 2.25. The van der Waals surface area contributed by atoms with E-state index in [0.717, 1.165) is 26.1 Å². The summed E-state index contributed by atoms with van der Waals surface area (Å²) in [5.41, 5.74) is 3.89. The third kappa shape index (κ3) is 4.40. The van der Waals surface area contributed by atoms with E-state index in [2.05, 4.69) is 71.2 Å². The summed E-state index contributed by atoms with van der Waals surface area (Å²) in [6.45, 7) is 6.51. The highest BCUT2D eigenvalue weighted by Crippen LogP contribution is 2.18.